The number of ketones is 1. The van der Waals surface area contributed by atoms with Crippen molar-refractivity contribution in [2.45, 2.75) is 38.6 Å². The van der Waals surface area contributed by atoms with E-state index in [1.54, 1.807) is 22.2 Å². The topological polar surface area (TPSA) is 34.9 Å². The Morgan fingerprint density at radius 3 is 3.26 bits per heavy atom. The summed E-state index contributed by atoms with van der Waals surface area (Å²) in [5, 5.41) is 6.71. The molecule has 2 aromatic rings. The van der Waals surface area contributed by atoms with E-state index in [9.17, 15) is 4.79 Å². The summed E-state index contributed by atoms with van der Waals surface area (Å²) < 4.78 is 1.70. The van der Waals surface area contributed by atoms with Gasteiger partial charge in [-0.25, -0.2) is 0 Å². The Bertz CT molecular complexity index is 617. The molecule has 0 N–H and O–H groups in total. The lowest BCUT2D eigenvalue weighted by Gasteiger charge is -2.21. The molecule has 100 valence electrons. The zero-order valence-electron chi connectivity index (χ0n) is 10.7. The lowest BCUT2D eigenvalue weighted by molar-refractivity contribution is 0.0941. The van der Waals surface area contributed by atoms with Crippen LogP contribution in [0.1, 0.15) is 46.6 Å². The average molecular weight is 295 g/mol. The summed E-state index contributed by atoms with van der Waals surface area (Å²) >= 11 is 7.89. The largest absolute Gasteiger partial charge is 0.292 e. The molecular weight excluding hydrogens is 280 g/mol. The third-order valence-corrected chi connectivity index (χ3v) is 4.97. The minimum Gasteiger partial charge on any atom is -0.292 e. The molecule has 0 amide bonds. The van der Waals surface area contributed by atoms with E-state index in [0.717, 1.165) is 19.3 Å². The third-order valence-electron chi connectivity index (χ3n) is 3.70. The second-order valence-corrected chi connectivity index (χ2v) is 6.17. The molecule has 1 aliphatic rings. The van der Waals surface area contributed by atoms with E-state index in [2.05, 4.69) is 16.5 Å². The summed E-state index contributed by atoms with van der Waals surface area (Å²) in [6, 6.07) is 2.09. The molecule has 1 aliphatic carbocycles. The summed E-state index contributed by atoms with van der Waals surface area (Å²) in [6.45, 7) is 2.63. The van der Waals surface area contributed by atoms with Crippen LogP contribution in [0.5, 0.6) is 0 Å². The summed E-state index contributed by atoms with van der Waals surface area (Å²) in [5.41, 5.74) is 1.76. The van der Waals surface area contributed by atoms with Crippen molar-refractivity contribution in [1.29, 1.82) is 0 Å². The van der Waals surface area contributed by atoms with Gasteiger partial charge >= 0.3 is 0 Å². The first-order valence-electron chi connectivity index (χ1n) is 6.54. The first-order valence-corrected chi connectivity index (χ1v) is 7.80. The van der Waals surface area contributed by atoms with Gasteiger partial charge in [0, 0.05) is 11.4 Å². The maximum absolute atomic E-state index is 12.8. The minimum atomic E-state index is -0.0468. The van der Waals surface area contributed by atoms with Gasteiger partial charge in [0.2, 0.25) is 0 Å². The van der Waals surface area contributed by atoms with Crippen molar-refractivity contribution in [3.63, 3.8) is 0 Å². The Hall–Kier alpha value is -1.13. The van der Waals surface area contributed by atoms with E-state index < -0.39 is 0 Å². The van der Waals surface area contributed by atoms with Crippen molar-refractivity contribution in [3.05, 3.63) is 38.8 Å². The van der Waals surface area contributed by atoms with Gasteiger partial charge in [0.05, 0.1) is 17.1 Å². The number of halogens is 1. The third kappa shape index (κ3) is 2.13. The van der Waals surface area contributed by atoms with Gasteiger partial charge in [-0.15, -0.1) is 11.3 Å². The molecule has 0 aromatic carbocycles. The summed E-state index contributed by atoms with van der Waals surface area (Å²) in [7, 11) is 0. The number of rotatable bonds is 3. The second-order valence-electron chi connectivity index (χ2n) is 4.77. The number of aromatic nitrogens is 2. The van der Waals surface area contributed by atoms with Gasteiger partial charge in [-0.1, -0.05) is 11.6 Å². The molecule has 5 heteroatoms. The maximum Gasteiger partial charge on any atom is 0.189 e. The van der Waals surface area contributed by atoms with Crippen LogP contribution in [0, 0.1) is 0 Å². The van der Waals surface area contributed by atoms with Gasteiger partial charge in [-0.3, -0.25) is 9.48 Å². The lowest BCUT2D eigenvalue weighted by Crippen LogP contribution is -2.20. The highest BCUT2D eigenvalue weighted by molar-refractivity contribution is 7.10. The molecule has 3 nitrogen and oxygen atoms in total. The fourth-order valence-electron chi connectivity index (χ4n) is 2.77. The minimum absolute atomic E-state index is 0.0468. The van der Waals surface area contributed by atoms with E-state index >= 15 is 0 Å². The Labute approximate surface area is 121 Å². The predicted molar refractivity (Wildman–Crippen MR) is 77.2 cm³/mol. The van der Waals surface area contributed by atoms with Crippen LogP contribution in [-0.2, 0) is 13.0 Å². The number of hydrogen-bond donors (Lipinski definition) is 0. The normalized spacial score (nSPS) is 18.3. The summed E-state index contributed by atoms with van der Waals surface area (Å²) in [6.07, 6.45) is 4.64. The van der Waals surface area contributed by atoms with Crippen molar-refractivity contribution in [1.82, 2.24) is 9.78 Å². The highest BCUT2D eigenvalue weighted by Crippen LogP contribution is 2.37. The van der Waals surface area contributed by atoms with Gasteiger partial charge in [0.15, 0.2) is 5.78 Å². The molecule has 0 radical (unpaired) electrons. The van der Waals surface area contributed by atoms with Crippen molar-refractivity contribution < 1.29 is 4.79 Å². The smallest absolute Gasteiger partial charge is 0.189 e. The number of thiophene rings is 1. The molecule has 0 spiro atoms. The molecule has 2 aromatic heterocycles. The number of carbonyl (C=O) groups excluding carboxylic acids is 1. The lowest BCUT2D eigenvalue weighted by atomic mass is 9.84. The van der Waals surface area contributed by atoms with E-state index in [1.807, 2.05) is 6.92 Å². The van der Waals surface area contributed by atoms with Crippen LogP contribution >= 0.6 is 22.9 Å². The molecule has 0 fully saturated rings. The first kappa shape index (κ1) is 12.9. The van der Waals surface area contributed by atoms with Crippen molar-refractivity contribution in [2.75, 3.05) is 0 Å². The highest BCUT2D eigenvalue weighted by Gasteiger charge is 2.31. The fraction of sp³-hybridized carbons (Fsp3) is 0.429. The van der Waals surface area contributed by atoms with E-state index in [-0.39, 0.29) is 11.7 Å². The molecule has 0 bridgehead atoms. The van der Waals surface area contributed by atoms with Crippen LogP contribution in [0.25, 0.3) is 0 Å². The zero-order valence-corrected chi connectivity index (χ0v) is 12.3. The number of fused-ring (bicyclic) bond motifs is 1. The summed E-state index contributed by atoms with van der Waals surface area (Å²) in [5.74, 6) is 0.0678. The molecule has 19 heavy (non-hydrogen) atoms. The average Bonchev–Trinajstić information content (AvgIpc) is 3.03. The van der Waals surface area contributed by atoms with Crippen LogP contribution in [0.4, 0.5) is 0 Å². The monoisotopic (exact) mass is 294 g/mol. The number of carbonyl (C=O) groups is 1. The molecule has 1 unspecified atom stereocenters. The number of Topliss-reactive ketones (excluding diaryl/α,β-unsaturated/α-hetero) is 1. The van der Waals surface area contributed by atoms with Crippen LogP contribution in [0.15, 0.2) is 17.6 Å². The van der Waals surface area contributed by atoms with E-state index in [0.29, 0.717) is 17.3 Å². The zero-order chi connectivity index (χ0) is 13.4. The van der Waals surface area contributed by atoms with E-state index in [1.165, 1.54) is 10.4 Å². The van der Waals surface area contributed by atoms with Crippen molar-refractivity contribution in [3.8, 4) is 0 Å². The number of nitrogens with zero attached hydrogens (tertiary/aromatic N) is 2. The predicted octanol–water partition coefficient (Wildman–Crippen LogP) is 3.92. The fourth-order valence-corrected chi connectivity index (χ4v) is 3.99. The van der Waals surface area contributed by atoms with Crippen LogP contribution in [0.2, 0.25) is 5.02 Å². The van der Waals surface area contributed by atoms with Gasteiger partial charge in [0.1, 0.15) is 5.69 Å². The van der Waals surface area contributed by atoms with Crippen molar-refractivity contribution in [2.24, 2.45) is 0 Å². The SMILES string of the molecule is CCn1ncc(Cl)c1C(=O)C1CCCc2sccc21. The highest BCUT2D eigenvalue weighted by atomic mass is 35.5. The summed E-state index contributed by atoms with van der Waals surface area (Å²) in [4.78, 5) is 14.1. The standard InChI is InChI=1S/C14H15ClN2OS/c1-2-17-13(11(15)8-16-17)14(18)10-4-3-5-12-9(10)6-7-19-12/h6-8,10H,2-5H2,1H3. The Kier molecular flexibility index (Phi) is 3.46. The number of hydrogen-bond acceptors (Lipinski definition) is 3. The molecule has 3 rings (SSSR count). The van der Waals surface area contributed by atoms with Crippen LogP contribution < -0.4 is 0 Å². The van der Waals surface area contributed by atoms with Crippen molar-refractivity contribution >= 4 is 28.7 Å². The van der Waals surface area contributed by atoms with Crippen LogP contribution in [-0.4, -0.2) is 15.6 Å². The van der Waals surface area contributed by atoms with Gasteiger partial charge in [-0.05, 0) is 43.2 Å². The molecule has 1 atom stereocenters. The Morgan fingerprint density at radius 2 is 2.47 bits per heavy atom. The van der Waals surface area contributed by atoms with Gasteiger partial charge in [0.25, 0.3) is 0 Å². The van der Waals surface area contributed by atoms with Gasteiger partial charge < -0.3 is 0 Å². The van der Waals surface area contributed by atoms with Crippen LogP contribution in [0.3, 0.4) is 0 Å². The quantitative estimate of drug-likeness (QED) is 0.804. The second kappa shape index (κ2) is 5.10. The molecule has 2 heterocycles. The molecule has 0 aliphatic heterocycles. The van der Waals surface area contributed by atoms with E-state index in [4.69, 9.17) is 11.6 Å². The Morgan fingerprint density at radius 1 is 1.63 bits per heavy atom. The Balaban J connectivity index is 2.00. The number of aryl methyl sites for hydroxylation is 2. The molecule has 0 saturated carbocycles. The molecular formula is C14H15ClN2OS. The maximum atomic E-state index is 12.8. The molecule has 0 saturated heterocycles. The van der Waals surface area contributed by atoms with Gasteiger partial charge in [-0.2, -0.15) is 5.10 Å². The first-order chi connectivity index (χ1) is 9.22.